The van der Waals surface area contributed by atoms with E-state index in [9.17, 15) is 4.79 Å². The molecule has 3 aromatic rings. The van der Waals surface area contributed by atoms with Gasteiger partial charge in [0.25, 0.3) is 0 Å². The zero-order valence-corrected chi connectivity index (χ0v) is 14.8. The molecule has 0 aromatic carbocycles. The number of hydrogen-bond acceptors (Lipinski definition) is 6. The van der Waals surface area contributed by atoms with Crippen molar-refractivity contribution in [3.8, 4) is 11.3 Å². The normalized spacial score (nSPS) is 23.2. The van der Waals surface area contributed by atoms with E-state index < -0.39 is 0 Å². The van der Waals surface area contributed by atoms with Crippen molar-refractivity contribution < 1.29 is 9.53 Å². The summed E-state index contributed by atoms with van der Waals surface area (Å²) < 4.78 is 5.35. The van der Waals surface area contributed by atoms with Gasteiger partial charge in [-0.2, -0.15) is 0 Å². The van der Waals surface area contributed by atoms with Crippen LogP contribution in [-0.4, -0.2) is 34.1 Å². The molecular weight excluding hydrogens is 342 g/mol. The fourth-order valence-electron chi connectivity index (χ4n) is 3.95. The maximum atomic E-state index is 12.5. The van der Waals surface area contributed by atoms with Crippen LogP contribution in [0.2, 0.25) is 0 Å². The molecule has 136 valence electrons. The van der Waals surface area contributed by atoms with Crippen LogP contribution in [0.3, 0.4) is 0 Å². The molecule has 4 heterocycles. The molecule has 3 aromatic heterocycles. The molecule has 2 fully saturated rings. The van der Waals surface area contributed by atoms with Gasteiger partial charge < -0.3 is 15.8 Å². The Morgan fingerprint density at radius 2 is 2.07 bits per heavy atom. The molecule has 27 heavy (non-hydrogen) atoms. The first-order valence-electron chi connectivity index (χ1n) is 8.97. The molecule has 7 nitrogen and oxygen atoms in total. The number of ether oxygens (including phenoxy) is 1. The first-order valence-corrected chi connectivity index (χ1v) is 8.97. The SMILES string of the molecule is Cc1ccncc1-c1cc2cc(NC(=O)C3[C@H]4COC[C@@H]34)ncc2c(N)n1. The first-order chi connectivity index (χ1) is 13.1. The average Bonchev–Trinajstić information content (AvgIpc) is 3.14. The minimum atomic E-state index is 0.0190. The summed E-state index contributed by atoms with van der Waals surface area (Å²) in [7, 11) is 0. The number of fused-ring (bicyclic) bond motifs is 2. The van der Waals surface area contributed by atoms with Gasteiger partial charge >= 0.3 is 0 Å². The minimum Gasteiger partial charge on any atom is -0.383 e. The van der Waals surface area contributed by atoms with E-state index in [1.165, 1.54) is 0 Å². The smallest absolute Gasteiger partial charge is 0.229 e. The molecule has 0 bridgehead atoms. The van der Waals surface area contributed by atoms with E-state index in [-0.39, 0.29) is 11.8 Å². The lowest BCUT2D eigenvalue weighted by Gasteiger charge is -2.10. The van der Waals surface area contributed by atoms with Gasteiger partial charge in [0, 0.05) is 35.5 Å². The van der Waals surface area contributed by atoms with E-state index in [2.05, 4.69) is 20.3 Å². The molecule has 2 aliphatic rings. The lowest BCUT2D eigenvalue weighted by Crippen LogP contribution is -2.19. The summed E-state index contributed by atoms with van der Waals surface area (Å²) in [5.74, 6) is 1.73. The zero-order chi connectivity index (χ0) is 18.5. The summed E-state index contributed by atoms with van der Waals surface area (Å²) in [5.41, 5.74) is 8.90. The summed E-state index contributed by atoms with van der Waals surface area (Å²) in [5, 5.41) is 4.57. The van der Waals surface area contributed by atoms with Gasteiger partial charge in [-0.05, 0) is 47.9 Å². The van der Waals surface area contributed by atoms with E-state index in [1.54, 1.807) is 18.6 Å². The van der Waals surface area contributed by atoms with E-state index in [4.69, 9.17) is 10.5 Å². The molecule has 1 unspecified atom stereocenters. The number of rotatable bonds is 3. The van der Waals surface area contributed by atoms with Crippen LogP contribution < -0.4 is 11.1 Å². The van der Waals surface area contributed by atoms with Crippen LogP contribution in [0.25, 0.3) is 22.0 Å². The molecule has 3 N–H and O–H groups in total. The number of amides is 1. The Morgan fingerprint density at radius 1 is 1.26 bits per heavy atom. The van der Waals surface area contributed by atoms with Gasteiger partial charge in [0.05, 0.1) is 18.9 Å². The number of hydrogen-bond donors (Lipinski definition) is 2. The number of carbonyl (C=O) groups is 1. The number of nitrogens with zero attached hydrogens (tertiary/aromatic N) is 3. The van der Waals surface area contributed by atoms with Crippen LogP contribution in [0.4, 0.5) is 11.6 Å². The number of aryl methyl sites for hydroxylation is 1. The molecular formula is C20H19N5O2. The van der Waals surface area contributed by atoms with Gasteiger partial charge in [-0.1, -0.05) is 0 Å². The number of nitrogen functional groups attached to an aromatic ring is 1. The zero-order valence-electron chi connectivity index (χ0n) is 14.8. The molecule has 1 saturated heterocycles. The third kappa shape index (κ3) is 2.71. The van der Waals surface area contributed by atoms with Crippen molar-refractivity contribution in [2.24, 2.45) is 17.8 Å². The Bertz CT molecular complexity index is 1060. The fourth-order valence-corrected chi connectivity index (χ4v) is 3.95. The monoisotopic (exact) mass is 361 g/mol. The lowest BCUT2D eigenvalue weighted by molar-refractivity contribution is -0.118. The molecule has 1 saturated carbocycles. The molecule has 7 heteroatoms. The highest BCUT2D eigenvalue weighted by Gasteiger charge is 2.58. The highest BCUT2D eigenvalue weighted by Crippen LogP contribution is 2.51. The Morgan fingerprint density at radius 3 is 2.85 bits per heavy atom. The van der Waals surface area contributed by atoms with Crippen molar-refractivity contribution in [3.63, 3.8) is 0 Å². The maximum Gasteiger partial charge on any atom is 0.229 e. The number of carbonyl (C=O) groups excluding carboxylic acids is 1. The van der Waals surface area contributed by atoms with Crippen molar-refractivity contribution in [1.82, 2.24) is 15.0 Å². The Kier molecular flexibility index (Phi) is 3.58. The minimum absolute atomic E-state index is 0.0190. The van der Waals surface area contributed by atoms with Crippen LogP contribution in [0.15, 0.2) is 36.8 Å². The van der Waals surface area contributed by atoms with Gasteiger partial charge in [0.1, 0.15) is 11.6 Å². The van der Waals surface area contributed by atoms with Crippen molar-refractivity contribution in [2.45, 2.75) is 6.92 Å². The molecule has 1 aliphatic heterocycles. The quantitative estimate of drug-likeness (QED) is 0.743. The first kappa shape index (κ1) is 16.1. The van der Waals surface area contributed by atoms with Gasteiger partial charge in [-0.15, -0.1) is 0 Å². The van der Waals surface area contributed by atoms with Crippen LogP contribution in [0.1, 0.15) is 5.56 Å². The molecule has 3 atom stereocenters. The molecule has 0 spiro atoms. The van der Waals surface area contributed by atoms with E-state index in [1.807, 2.05) is 25.1 Å². The topological polar surface area (TPSA) is 103 Å². The summed E-state index contributed by atoms with van der Waals surface area (Å²) in [4.78, 5) is 25.5. The summed E-state index contributed by atoms with van der Waals surface area (Å²) >= 11 is 0. The largest absolute Gasteiger partial charge is 0.383 e. The van der Waals surface area contributed by atoms with Crippen LogP contribution in [-0.2, 0) is 9.53 Å². The fraction of sp³-hybridized carbons (Fsp3) is 0.300. The number of pyridine rings is 3. The third-order valence-corrected chi connectivity index (χ3v) is 5.57. The Hall–Kier alpha value is -3.06. The van der Waals surface area contributed by atoms with Gasteiger partial charge in [-0.3, -0.25) is 9.78 Å². The second kappa shape index (κ2) is 5.99. The number of aromatic nitrogens is 3. The Balaban J connectivity index is 1.47. The van der Waals surface area contributed by atoms with Crippen molar-refractivity contribution in [2.75, 3.05) is 24.3 Å². The standard InChI is InChI=1S/C20H19N5O2/c1-10-2-3-22-6-12(10)16-4-11-5-17(23-7-13(11)19(21)24-16)25-20(26)18-14-8-27-9-15(14)18/h2-7,14-15,18H,8-9H2,1H3,(H2,21,24)(H,23,25,26)/t14-,15+,18?. The van der Waals surface area contributed by atoms with E-state index in [0.717, 1.165) is 27.6 Å². The molecule has 5 rings (SSSR count). The van der Waals surface area contributed by atoms with Crippen LogP contribution in [0, 0.1) is 24.7 Å². The van der Waals surface area contributed by atoms with E-state index in [0.29, 0.717) is 36.7 Å². The number of anilines is 2. The third-order valence-electron chi connectivity index (χ3n) is 5.57. The second-order valence-electron chi connectivity index (χ2n) is 7.25. The van der Waals surface area contributed by atoms with Crippen LogP contribution in [0.5, 0.6) is 0 Å². The van der Waals surface area contributed by atoms with Gasteiger partial charge in [-0.25, -0.2) is 9.97 Å². The van der Waals surface area contributed by atoms with Crippen LogP contribution >= 0.6 is 0 Å². The predicted molar refractivity (Wildman–Crippen MR) is 102 cm³/mol. The molecule has 0 radical (unpaired) electrons. The average molecular weight is 361 g/mol. The summed E-state index contributed by atoms with van der Waals surface area (Å²) in [6.07, 6.45) is 5.18. The van der Waals surface area contributed by atoms with Gasteiger partial charge in [0.15, 0.2) is 0 Å². The van der Waals surface area contributed by atoms with Crippen molar-refractivity contribution >= 4 is 28.3 Å². The van der Waals surface area contributed by atoms with Crippen molar-refractivity contribution in [1.29, 1.82) is 0 Å². The number of nitrogens with one attached hydrogen (secondary N) is 1. The number of nitrogens with two attached hydrogens (primary N) is 1. The highest BCUT2D eigenvalue weighted by molar-refractivity contribution is 5.98. The summed E-state index contributed by atoms with van der Waals surface area (Å²) in [6, 6.07) is 5.73. The molecule has 1 aliphatic carbocycles. The summed E-state index contributed by atoms with van der Waals surface area (Å²) in [6.45, 7) is 3.38. The predicted octanol–water partition coefficient (Wildman–Crippen LogP) is 2.41. The Labute approximate surface area is 156 Å². The van der Waals surface area contributed by atoms with Crippen molar-refractivity contribution in [3.05, 3.63) is 42.4 Å². The van der Waals surface area contributed by atoms with Gasteiger partial charge in [0.2, 0.25) is 5.91 Å². The highest BCUT2D eigenvalue weighted by atomic mass is 16.5. The van der Waals surface area contributed by atoms with E-state index >= 15 is 0 Å². The molecule has 1 amide bonds. The maximum absolute atomic E-state index is 12.5. The second-order valence-corrected chi connectivity index (χ2v) is 7.25. The lowest BCUT2D eigenvalue weighted by atomic mass is 10.1.